The lowest BCUT2D eigenvalue weighted by atomic mass is 10.1. The van der Waals surface area contributed by atoms with Crippen molar-refractivity contribution in [3.05, 3.63) is 26.5 Å². The third-order valence-electron chi connectivity index (χ3n) is 2.06. The minimum atomic E-state index is -1.29. The zero-order valence-corrected chi connectivity index (χ0v) is 9.91. The number of aromatic nitrogens is 1. The van der Waals surface area contributed by atoms with Gasteiger partial charge in [0, 0.05) is 6.54 Å². The van der Waals surface area contributed by atoms with Gasteiger partial charge in [0.1, 0.15) is 11.3 Å². The maximum absolute atomic E-state index is 11.1. The first-order chi connectivity index (χ1) is 7.90. The summed E-state index contributed by atoms with van der Waals surface area (Å²) in [5.41, 5.74) is -0.731. The predicted molar refractivity (Wildman–Crippen MR) is 61.8 cm³/mol. The molecule has 1 heterocycles. The van der Waals surface area contributed by atoms with Gasteiger partial charge in [-0.25, -0.2) is 9.78 Å². The number of hydrogen-bond acceptors (Lipinski definition) is 5. The van der Waals surface area contributed by atoms with Crippen LogP contribution in [0.3, 0.4) is 0 Å². The molecule has 0 saturated heterocycles. The van der Waals surface area contributed by atoms with Crippen LogP contribution in [-0.2, 0) is 0 Å². The number of carboxylic acid groups (broad SMARTS) is 1. The maximum Gasteiger partial charge on any atom is 0.339 e. The van der Waals surface area contributed by atoms with E-state index in [1.807, 2.05) is 0 Å². The van der Waals surface area contributed by atoms with Gasteiger partial charge in [-0.15, -0.1) is 0 Å². The van der Waals surface area contributed by atoms with E-state index in [4.69, 9.17) is 16.7 Å². The van der Waals surface area contributed by atoms with Gasteiger partial charge in [0.05, 0.1) is 10.6 Å². The van der Waals surface area contributed by atoms with Gasteiger partial charge < -0.3 is 10.4 Å². The number of carbonyl (C=O) groups is 1. The summed E-state index contributed by atoms with van der Waals surface area (Å²) >= 11 is 5.66. The summed E-state index contributed by atoms with van der Waals surface area (Å²) in [6, 6.07) is 0. The maximum atomic E-state index is 11.1. The number of halogens is 1. The van der Waals surface area contributed by atoms with E-state index in [0.717, 1.165) is 0 Å². The molecule has 0 aromatic carbocycles. The first-order valence-electron chi connectivity index (χ1n) is 4.71. The molecule has 0 atom stereocenters. The molecule has 1 aromatic heterocycles. The minimum Gasteiger partial charge on any atom is -0.478 e. The highest BCUT2D eigenvalue weighted by atomic mass is 35.5. The smallest absolute Gasteiger partial charge is 0.339 e. The highest BCUT2D eigenvalue weighted by Gasteiger charge is 2.28. The number of anilines is 1. The van der Waals surface area contributed by atoms with Crippen LogP contribution in [0.4, 0.5) is 11.4 Å². The Hall–Kier alpha value is -1.89. The number of nitrogens with one attached hydrogen (secondary N) is 1. The molecule has 0 unspecified atom stereocenters. The molecule has 0 saturated carbocycles. The lowest BCUT2D eigenvalue weighted by Crippen LogP contribution is -2.12. The number of pyridine rings is 1. The van der Waals surface area contributed by atoms with Gasteiger partial charge in [0.25, 0.3) is 0 Å². The Bertz CT molecular complexity index is 451. The van der Waals surface area contributed by atoms with Crippen LogP contribution in [0.2, 0.25) is 5.15 Å². The molecule has 0 spiro atoms. The molecule has 0 aliphatic heterocycles. The second-order valence-corrected chi connectivity index (χ2v) is 3.54. The summed E-state index contributed by atoms with van der Waals surface area (Å²) in [6.07, 6.45) is 0. The molecule has 92 valence electrons. The Kier molecular flexibility index (Phi) is 3.84. The van der Waals surface area contributed by atoms with E-state index >= 15 is 0 Å². The van der Waals surface area contributed by atoms with Gasteiger partial charge in [-0.1, -0.05) is 11.6 Å². The summed E-state index contributed by atoms with van der Waals surface area (Å²) in [5.74, 6) is -1.29. The standard InChI is InChI=1S/C9H10ClN3O4/c1-3-11-6-5(9(14)15)4(2)12-8(10)7(6)13(16)17/h3H2,1-2H3,(H,11,12)(H,14,15). The van der Waals surface area contributed by atoms with Gasteiger partial charge in [-0.3, -0.25) is 10.1 Å². The summed E-state index contributed by atoms with van der Waals surface area (Å²) in [7, 11) is 0. The van der Waals surface area contributed by atoms with Crippen molar-refractivity contribution in [2.45, 2.75) is 13.8 Å². The van der Waals surface area contributed by atoms with Crippen molar-refractivity contribution in [2.75, 3.05) is 11.9 Å². The van der Waals surface area contributed by atoms with Crippen LogP contribution in [0, 0.1) is 17.0 Å². The average molecular weight is 260 g/mol. The quantitative estimate of drug-likeness (QED) is 0.487. The van der Waals surface area contributed by atoms with Crippen molar-refractivity contribution in [3.63, 3.8) is 0 Å². The van der Waals surface area contributed by atoms with Crippen LogP contribution in [0.1, 0.15) is 23.0 Å². The predicted octanol–water partition coefficient (Wildman–Crippen LogP) is 2.08. The lowest BCUT2D eigenvalue weighted by Gasteiger charge is -2.10. The topological polar surface area (TPSA) is 105 Å². The van der Waals surface area contributed by atoms with Gasteiger partial charge in [0.2, 0.25) is 5.15 Å². The fourth-order valence-corrected chi connectivity index (χ4v) is 1.73. The van der Waals surface area contributed by atoms with Crippen molar-refractivity contribution in [1.29, 1.82) is 0 Å². The van der Waals surface area contributed by atoms with Crippen LogP contribution >= 0.6 is 11.6 Å². The van der Waals surface area contributed by atoms with Crippen molar-refractivity contribution in [2.24, 2.45) is 0 Å². The summed E-state index contributed by atoms with van der Waals surface area (Å²) < 4.78 is 0. The van der Waals surface area contributed by atoms with E-state index in [1.165, 1.54) is 6.92 Å². The molecule has 0 amide bonds. The number of hydrogen-bond donors (Lipinski definition) is 2. The fourth-order valence-electron chi connectivity index (χ4n) is 1.44. The van der Waals surface area contributed by atoms with Crippen molar-refractivity contribution >= 4 is 28.9 Å². The second-order valence-electron chi connectivity index (χ2n) is 3.18. The molecule has 17 heavy (non-hydrogen) atoms. The Labute approximate surface area is 102 Å². The van der Waals surface area contributed by atoms with E-state index in [1.54, 1.807) is 6.92 Å². The Morgan fingerprint density at radius 2 is 2.24 bits per heavy atom. The first-order valence-corrected chi connectivity index (χ1v) is 5.09. The molecule has 8 heteroatoms. The number of nitro groups is 1. The van der Waals surface area contributed by atoms with Crippen LogP contribution in [0.25, 0.3) is 0 Å². The minimum absolute atomic E-state index is 0.109. The van der Waals surface area contributed by atoms with Crippen molar-refractivity contribution < 1.29 is 14.8 Å². The van der Waals surface area contributed by atoms with Crippen LogP contribution in [0.15, 0.2) is 0 Å². The molecular weight excluding hydrogens is 250 g/mol. The van der Waals surface area contributed by atoms with Crippen LogP contribution in [0.5, 0.6) is 0 Å². The average Bonchev–Trinajstić information content (AvgIpc) is 2.15. The highest BCUT2D eigenvalue weighted by molar-refractivity contribution is 6.32. The molecule has 1 aromatic rings. The zero-order chi connectivity index (χ0) is 13.2. The third kappa shape index (κ3) is 2.44. The van der Waals surface area contributed by atoms with Gasteiger partial charge >= 0.3 is 11.7 Å². The number of aryl methyl sites for hydroxylation is 1. The summed E-state index contributed by atoms with van der Waals surface area (Å²) in [5, 5.41) is 22.2. The molecule has 0 bridgehead atoms. The Morgan fingerprint density at radius 3 is 2.65 bits per heavy atom. The highest BCUT2D eigenvalue weighted by Crippen LogP contribution is 2.35. The van der Waals surface area contributed by atoms with E-state index in [9.17, 15) is 14.9 Å². The third-order valence-corrected chi connectivity index (χ3v) is 2.32. The van der Waals surface area contributed by atoms with Crippen LogP contribution < -0.4 is 5.32 Å². The van der Waals surface area contributed by atoms with Gasteiger partial charge in [0.15, 0.2) is 0 Å². The largest absolute Gasteiger partial charge is 0.478 e. The van der Waals surface area contributed by atoms with E-state index in [2.05, 4.69) is 10.3 Å². The zero-order valence-electron chi connectivity index (χ0n) is 9.15. The molecule has 7 nitrogen and oxygen atoms in total. The molecular formula is C9H10ClN3O4. The monoisotopic (exact) mass is 259 g/mol. The van der Waals surface area contributed by atoms with Crippen molar-refractivity contribution in [3.8, 4) is 0 Å². The molecule has 0 radical (unpaired) electrons. The number of rotatable bonds is 4. The summed E-state index contributed by atoms with van der Waals surface area (Å²) in [6.45, 7) is 3.46. The lowest BCUT2D eigenvalue weighted by molar-refractivity contribution is -0.384. The number of nitrogens with zero attached hydrogens (tertiary/aromatic N) is 2. The van der Waals surface area contributed by atoms with E-state index < -0.39 is 16.6 Å². The van der Waals surface area contributed by atoms with Crippen LogP contribution in [-0.4, -0.2) is 27.5 Å². The summed E-state index contributed by atoms with van der Waals surface area (Å²) in [4.78, 5) is 24.8. The Morgan fingerprint density at radius 1 is 1.65 bits per heavy atom. The van der Waals surface area contributed by atoms with E-state index in [0.29, 0.717) is 6.54 Å². The van der Waals surface area contributed by atoms with Crippen molar-refractivity contribution in [1.82, 2.24) is 4.98 Å². The SMILES string of the molecule is CCNc1c(C(=O)O)c(C)nc(Cl)c1[N+](=O)[O-]. The normalized spacial score (nSPS) is 10.1. The second kappa shape index (κ2) is 4.96. The molecule has 1 rings (SSSR count). The molecule has 0 fully saturated rings. The van der Waals surface area contributed by atoms with E-state index in [-0.39, 0.29) is 22.1 Å². The van der Waals surface area contributed by atoms with Gasteiger partial charge in [-0.05, 0) is 13.8 Å². The molecule has 0 aliphatic rings. The first kappa shape index (κ1) is 13.2. The van der Waals surface area contributed by atoms with Gasteiger partial charge in [-0.2, -0.15) is 0 Å². The number of carboxylic acids is 1. The molecule has 0 aliphatic carbocycles. The molecule has 2 N–H and O–H groups in total. The number of aromatic carboxylic acids is 1. The fraction of sp³-hybridized carbons (Fsp3) is 0.333. The Balaban J connectivity index is 3.64.